The predicted molar refractivity (Wildman–Crippen MR) is 57.7 cm³/mol. The Morgan fingerprint density at radius 3 is 2.29 bits per heavy atom. The van der Waals surface area contributed by atoms with Crippen molar-refractivity contribution in [2.45, 2.75) is 13.1 Å². The molecule has 92 valence electrons. The lowest BCUT2D eigenvalue weighted by Crippen LogP contribution is -2.11. The van der Waals surface area contributed by atoms with E-state index in [1.165, 1.54) is 24.3 Å². The molecule has 2 nitrogen and oxygen atoms in total. The zero-order valence-corrected chi connectivity index (χ0v) is 9.12. The molecule has 0 spiro atoms. The SMILES string of the molecule is CCOc1ccc(C(=CC=O)C(F)(F)F)cc1. The zero-order valence-electron chi connectivity index (χ0n) is 9.12. The topological polar surface area (TPSA) is 26.3 Å². The molecule has 0 aromatic heterocycles. The number of allylic oxidation sites excluding steroid dienone is 2. The maximum Gasteiger partial charge on any atom is 0.417 e. The van der Waals surface area contributed by atoms with Crippen LogP contribution in [0.25, 0.3) is 5.57 Å². The molecule has 1 rings (SSSR count). The van der Waals surface area contributed by atoms with Crippen molar-refractivity contribution in [1.29, 1.82) is 0 Å². The average molecular weight is 244 g/mol. The number of ether oxygens (including phenoxy) is 1. The van der Waals surface area contributed by atoms with Gasteiger partial charge in [-0.3, -0.25) is 4.79 Å². The van der Waals surface area contributed by atoms with Crippen molar-refractivity contribution in [2.75, 3.05) is 6.61 Å². The molecule has 1 aromatic carbocycles. The normalized spacial score (nSPS) is 12.4. The minimum Gasteiger partial charge on any atom is -0.494 e. The Kier molecular flexibility index (Phi) is 4.31. The molecule has 0 saturated carbocycles. The molecule has 0 unspecified atom stereocenters. The number of benzene rings is 1. The molecular formula is C12H11F3O2. The smallest absolute Gasteiger partial charge is 0.417 e. The third kappa shape index (κ3) is 3.62. The van der Waals surface area contributed by atoms with Crippen LogP contribution < -0.4 is 4.74 Å². The Labute approximate surface area is 96.7 Å². The van der Waals surface area contributed by atoms with Crippen molar-refractivity contribution in [3.63, 3.8) is 0 Å². The van der Waals surface area contributed by atoms with E-state index < -0.39 is 11.7 Å². The molecule has 0 atom stereocenters. The summed E-state index contributed by atoms with van der Waals surface area (Å²) in [6.07, 6.45) is -3.91. The van der Waals surface area contributed by atoms with Crippen molar-refractivity contribution in [3.8, 4) is 5.75 Å². The highest BCUT2D eigenvalue weighted by atomic mass is 19.4. The number of hydrogen-bond acceptors (Lipinski definition) is 2. The van der Waals surface area contributed by atoms with Crippen LogP contribution in [-0.2, 0) is 4.79 Å². The van der Waals surface area contributed by atoms with Gasteiger partial charge in [0.05, 0.1) is 12.2 Å². The van der Waals surface area contributed by atoms with E-state index in [2.05, 4.69) is 0 Å². The monoisotopic (exact) mass is 244 g/mol. The van der Waals surface area contributed by atoms with Crippen LogP contribution >= 0.6 is 0 Å². The van der Waals surface area contributed by atoms with Crippen LogP contribution in [0.5, 0.6) is 5.75 Å². The molecule has 1 aromatic rings. The molecule has 0 aliphatic carbocycles. The zero-order chi connectivity index (χ0) is 12.9. The van der Waals surface area contributed by atoms with Crippen LogP contribution in [0.2, 0.25) is 0 Å². The van der Waals surface area contributed by atoms with Crippen molar-refractivity contribution in [1.82, 2.24) is 0 Å². The number of carbonyl (C=O) groups is 1. The summed E-state index contributed by atoms with van der Waals surface area (Å²) in [5.74, 6) is 0.490. The third-order valence-corrected chi connectivity index (χ3v) is 2.02. The van der Waals surface area contributed by atoms with Crippen molar-refractivity contribution < 1.29 is 22.7 Å². The molecule has 0 N–H and O–H groups in total. The van der Waals surface area contributed by atoms with Crippen LogP contribution in [0.3, 0.4) is 0 Å². The first-order valence-electron chi connectivity index (χ1n) is 4.95. The summed E-state index contributed by atoms with van der Waals surface area (Å²) >= 11 is 0. The van der Waals surface area contributed by atoms with Crippen LogP contribution in [0, 0.1) is 0 Å². The summed E-state index contributed by atoms with van der Waals surface area (Å²) in [5, 5.41) is 0. The molecule has 0 heterocycles. The number of aldehydes is 1. The van der Waals surface area contributed by atoms with Crippen molar-refractivity contribution >= 4 is 11.9 Å². The fourth-order valence-corrected chi connectivity index (χ4v) is 1.32. The second-order valence-electron chi connectivity index (χ2n) is 3.17. The van der Waals surface area contributed by atoms with E-state index in [1.807, 2.05) is 0 Å². The van der Waals surface area contributed by atoms with E-state index in [4.69, 9.17) is 4.74 Å². The maximum absolute atomic E-state index is 12.6. The first-order valence-corrected chi connectivity index (χ1v) is 4.95. The molecule has 0 aliphatic heterocycles. The van der Waals surface area contributed by atoms with Crippen LogP contribution in [0.1, 0.15) is 12.5 Å². The second-order valence-corrected chi connectivity index (χ2v) is 3.17. The lowest BCUT2D eigenvalue weighted by Gasteiger charge is -2.11. The number of hydrogen-bond donors (Lipinski definition) is 0. The lowest BCUT2D eigenvalue weighted by atomic mass is 10.1. The summed E-state index contributed by atoms with van der Waals surface area (Å²) in [4.78, 5) is 10.2. The minimum absolute atomic E-state index is 0.0620. The number of halogens is 3. The molecule has 0 fully saturated rings. The van der Waals surface area contributed by atoms with Gasteiger partial charge in [-0.2, -0.15) is 13.2 Å². The Morgan fingerprint density at radius 1 is 1.29 bits per heavy atom. The first kappa shape index (κ1) is 13.3. The van der Waals surface area contributed by atoms with Crippen molar-refractivity contribution in [3.05, 3.63) is 35.9 Å². The highest BCUT2D eigenvalue weighted by Crippen LogP contribution is 2.34. The largest absolute Gasteiger partial charge is 0.494 e. The molecular weight excluding hydrogens is 233 g/mol. The molecule has 0 bridgehead atoms. The van der Waals surface area contributed by atoms with Gasteiger partial charge in [-0.1, -0.05) is 12.1 Å². The fourth-order valence-electron chi connectivity index (χ4n) is 1.32. The van der Waals surface area contributed by atoms with E-state index in [0.29, 0.717) is 18.4 Å². The third-order valence-electron chi connectivity index (χ3n) is 2.02. The average Bonchev–Trinajstić information content (AvgIpc) is 2.26. The van der Waals surface area contributed by atoms with Gasteiger partial charge < -0.3 is 4.74 Å². The highest BCUT2D eigenvalue weighted by Gasteiger charge is 2.34. The summed E-state index contributed by atoms with van der Waals surface area (Å²) in [6.45, 7) is 2.22. The maximum atomic E-state index is 12.6. The second kappa shape index (κ2) is 5.52. The van der Waals surface area contributed by atoms with Crippen molar-refractivity contribution in [2.24, 2.45) is 0 Å². The number of alkyl halides is 3. The van der Waals surface area contributed by atoms with Gasteiger partial charge in [-0.05, 0) is 30.7 Å². The van der Waals surface area contributed by atoms with Gasteiger partial charge >= 0.3 is 6.18 Å². The van der Waals surface area contributed by atoms with Gasteiger partial charge in [0.1, 0.15) is 12.0 Å². The number of carbonyl (C=O) groups excluding carboxylic acids is 1. The molecule has 0 saturated heterocycles. The summed E-state index contributed by atoms with van der Waals surface area (Å²) in [7, 11) is 0. The highest BCUT2D eigenvalue weighted by molar-refractivity contribution is 5.83. The fraction of sp³-hybridized carbons (Fsp3) is 0.250. The minimum atomic E-state index is -4.55. The lowest BCUT2D eigenvalue weighted by molar-refractivity contribution is -0.104. The van der Waals surface area contributed by atoms with Crippen LogP contribution in [-0.4, -0.2) is 19.1 Å². The predicted octanol–water partition coefficient (Wildman–Crippen LogP) is 3.23. The molecule has 0 amide bonds. The first-order chi connectivity index (χ1) is 7.99. The summed E-state index contributed by atoms with van der Waals surface area (Å²) in [6, 6.07) is 5.41. The van der Waals surface area contributed by atoms with E-state index in [9.17, 15) is 18.0 Å². The Hall–Kier alpha value is -1.78. The number of rotatable bonds is 4. The van der Waals surface area contributed by atoms with Gasteiger partial charge in [0.2, 0.25) is 0 Å². The van der Waals surface area contributed by atoms with Gasteiger partial charge in [-0.25, -0.2) is 0 Å². The van der Waals surface area contributed by atoms with E-state index in [0.717, 1.165) is 0 Å². The van der Waals surface area contributed by atoms with Gasteiger partial charge in [0, 0.05) is 0 Å². The van der Waals surface area contributed by atoms with E-state index in [-0.39, 0.29) is 11.8 Å². The van der Waals surface area contributed by atoms with E-state index >= 15 is 0 Å². The standard InChI is InChI=1S/C12H11F3O2/c1-2-17-10-5-3-9(4-6-10)11(7-8-16)12(13,14)15/h3-8H,2H2,1H3. The molecule has 0 radical (unpaired) electrons. The quantitative estimate of drug-likeness (QED) is 0.600. The van der Waals surface area contributed by atoms with Crippen LogP contribution in [0.15, 0.2) is 30.3 Å². The molecule has 0 aliphatic rings. The van der Waals surface area contributed by atoms with Gasteiger partial charge in [0.15, 0.2) is 0 Å². The Morgan fingerprint density at radius 2 is 1.88 bits per heavy atom. The molecule has 17 heavy (non-hydrogen) atoms. The summed E-state index contributed by atoms with van der Waals surface area (Å²) in [5.41, 5.74) is -1.02. The van der Waals surface area contributed by atoms with Crippen LogP contribution in [0.4, 0.5) is 13.2 Å². The van der Waals surface area contributed by atoms with Gasteiger partial charge in [-0.15, -0.1) is 0 Å². The van der Waals surface area contributed by atoms with Gasteiger partial charge in [0.25, 0.3) is 0 Å². The summed E-state index contributed by atoms with van der Waals surface area (Å²) < 4.78 is 42.9. The molecule has 5 heteroatoms. The Bertz CT molecular complexity index is 405. The Balaban J connectivity index is 3.05. The van der Waals surface area contributed by atoms with E-state index in [1.54, 1.807) is 6.92 Å².